The maximum Gasteiger partial charge on any atom is 0.323 e. The van der Waals surface area contributed by atoms with Gasteiger partial charge in [-0.3, -0.25) is 4.79 Å². The van der Waals surface area contributed by atoms with Crippen molar-refractivity contribution in [1.82, 2.24) is 10.3 Å². The van der Waals surface area contributed by atoms with Crippen LogP contribution in [0.1, 0.15) is 36.7 Å². The monoisotopic (exact) mass is 811 g/mol. The summed E-state index contributed by atoms with van der Waals surface area (Å²) in [6, 6.07) is 22.9. The van der Waals surface area contributed by atoms with Gasteiger partial charge in [0.2, 0.25) is 0 Å². The number of hydroxylamine groups is 3. The first kappa shape index (κ1) is 41.7. The first-order chi connectivity index (χ1) is 27.7. The van der Waals surface area contributed by atoms with Gasteiger partial charge < -0.3 is 54.8 Å². The zero-order valence-corrected chi connectivity index (χ0v) is 34.2. The highest BCUT2D eigenvalue weighted by atomic mass is 32.2. The van der Waals surface area contributed by atoms with Crippen LogP contribution in [0.5, 0.6) is 23.0 Å². The van der Waals surface area contributed by atoms with Crippen LogP contribution >= 0.6 is 0 Å². The summed E-state index contributed by atoms with van der Waals surface area (Å²) >= 11 is 0. The van der Waals surface area contributed by atoms with E-state index in [1.54, 1.807) is 48.7 Å². The standard InChI is InChI=1S/C42H49N7O8S/c1-42(2,3)27-23-34(39(55-5)35(24-27)48-58(6)53)47-41(51)46-33-13-14-36(31-10-8-7-9-30(31)33)57-29-15-16-43-38(26-29)45-28-11-12-32(37(25-28)54-4)40(50)44-17-18-49(52)19-21-56-22-20-49/h7-16,23-26,48H,17-22H2,1-6H3,(H,43,45)(H,44,50)(H2,46,47,51). The molecule has 6 rings (SSSR count). The van der Waals surface area contributed by atoms with Crippen molar-refractivity contribution in [2.24, 2.45) is 0 Å². The van der Waals surface area contributed by atoms with Crippen molar-refractivity contribution in [2.75, 3.05) is 80.5 Å². The predicted octanol–water partition coefficient (Wildman–Crippen LogP) is 7.51. The Kier molecular flexibility index (Phi) is 13.0. The molecular weight excluding hydrogens is 763 g/mol. The Morgan fingerprint density at radius 2 is 1.60 bits per heavy atom. The first-order valence-electron chi connectivity index (χ1n) is 18.7. The van der Waals surface area contributed by atoms with Crippen LogP contribution in [0.4, 0.5) is 33.4 Å². The second-order valence-electron chi connectivity index (χ2n) is 14.8. The number of nitrogens with zero attached hydrogens (tertiary/aromatic N) is 2. The van der Waals surface area contributed by atoms with Crippen molar-refractivity contribution >= 4 is 62.3 Å². The fourth-order valence-electron chi connectivity index (χ4n) is 6.49. The number of aromatic nitrogens is 1. The van der Waals surface area contributed by atoms with Gasteiger partial charge in [0.25, 0.3) is 5.91 Å². The summed E-state index contributed by atoms with van der Waals surface area (Å²) in [6.45, 7) is 8.23. The average Bonchev–Trinajstić information content (AvgIpc) is 3.18. The summed E-state index contributed by atoms with van der Waals surface area (Å²) in [5.74, 6) is 1.92. The Bertz CT molecular complexity index is 2310. The minimum Gasteiger partial charge on any atom is -0.633 e. The molecule has 5 aromatic rings. The summed E-state index contributed by atoms with van der Waals surface area (Å²) in [4.78, 5) is 30.9. The summed E-state index contributed by atoms with van der Waals surface area (Å²) in [7, 11) is 1.61. The summed E-state index contributed by atoms with van der Waals surface area (Å²) in [5, 5.41) is 26.2. The largest absolute Gasteiger partial charge is 0.633 e. The van der Waals surface area contributed by atoms with Gasteiger partial charge in [-0.2, -0.15) is 0 Å². The number of benzene rings is 4. The lowest BCUT2D eigenvalue weighted by molar-refractivity contribution is -0.887. The highest BCUT2D eigenvalue weighted by Gasteiger charge is 2.23. The van der Waals surface area contributed by atoms with Crippen molar-refractivity contribution in [2.45, 2.75) is 26.2 Å². The Hall–Kier alpha value is -5.94. The van der Waals surface area contributed by atoms with Crippen molar-refractivity contribution in [1.29, 1.82) is 0 Å². The average molecular weight is 812 g/mol. The first-order valence-corrected chi connectivity index (χ1v) is 20.3. The lowest BCUT2D eigenvalue weighted by Gasteiger charge is -2.45. The molecule has 2 heterocycles. The van der Waals surface area contributed by atoms with Crippen molar-refractivity contribution < 1.29 is 37.4 Å². The Balaban J connectivity index is 1.14. The predicted molar refractivity (Wildman–Crippen MR) is 228 cm³/mol. The van der Waals surface area contributed by atoms with E-state index in [4.69, 9.17) is 18.9 Å². The molecule has 0 radical (unpaired) electrons. The molecule has 1 aliphatic heterocycles. The number of amides is 3. The van der Waals surface area contributed by atoms with E-state index in [1.165, 1.54) is 20.5 Å². The van der Waals surface area contributed by atoms with Crippen LogP contribution in [0.15, 0.2) is 85.1 Å². The highest BCUT2D eigenvalue weighted by molar-refractivity contribution is 7.85. The lowest BCUT2D eigenvalue weighted by atomic mass is 9.86. The van der Waals surface area contributed by atoms with Crippen molar-refractivity contribution in [3.8, 4) is 23.0 Å². The second-order valence-corrected chi connectivity index (χ2v) is 15.9. The van der Waals surface area contributed by atoms with Gasteiger partial charge in [-0.1, -0.05) is 45.0 Å². The summed E-state index contributed by atoms with van der Waals surface area (Å²) in [6.07, 6.45) is 3.14. The van der Waals surface area contributed by atoms with Crippen LogP contribution in [-0.4, -0.2) is 85.6 Å². The van der Waals surface area contributed by atoms with E-state index in [0.717, 1.165) is 16.3 Å². The molecule has 58 heavy (non-hydrogen) atoms. The molecule has 0 bridgehead atoms. The maximum absolute atomic E-state index is 13.5. The summed E-state index contributed by atoms with van der Waals surface area (Å²) < 4.78 is 37.4. The number of quaternary nitrogens is 1. The minimum absolute atomic E-state index is 0.234. The normalized spacial score (nSPS) is 14.2. The molecule has 1 saturated heterocycles. The van der Waals surface area contributed by atoms with Gasteiger partial charge in [-0.15, -0.1) is 0 Å². The number of urea groups is 1. The van der Waals surface area contributed by atoms with Gasteiger partial charge in [0.15, 0.2) is 5.75 Å². The quantitative estimate of drug-likeness (QED) is 0.0556. The molecule has 1 aliphatic rings. The highest BCUT2D eigenvalue weighted by Crippen LogP contribution is 2.40. The van der Waals surface area contributed by atoms with Gasteiger partial charge in [0, 0.05) is 41.0 Å². The fraction of sp³-hybridized carbons (Fsp3) is 0.310. The number of hydrogen-bond donors (Lipinski definition) is 5. The van der Waals surface area contributed by atoms with E-state index in [9.17, 15) is 19.0 Å². The fourth-order valence-corrected chi connectivity index (χ4v) is 6.95. The van der Waals surface area contributed by atoms with Crippen molar-refractivity contribution in [3.63, 3.8) is 0 Å². The third-order valence-electron chi connectivity index (χ3n) is 9.56. The number of hydrogen-bond acceptors (Lipinski definition) is 10. The number of morpholine rings is 1. The van der Waals surface area contributed by atoms with Gasteiger partial charge in [-0.25, -0.2) is 14.0 Å². The van der Waals surface area contributed by atoms with Gasteiger partial charge in [0.1, 0.15) is 47.1 Å². The molecule has 1 unspecified atom stereocenters. The number of pyridine rings is 1. The van der Waals surface area contributed by atoms with Crippen LogP contribution in [0.25, 0.3) is 10.8 Å². The molecule has 0 saturated carbocycles. The molecule has 0 spiro atoms. The number of rotatable bonds is 14. The minimum atomic E-state index is -1.37. The van der Waals surface area contributed by atoms with Crippen LogP contribution in [-0.2, 0) is 21.1 Å². The van der Waals surface area contributed by atoms with E-state index in [2.05, 4.69) is 31.0 Å². The molecule has 0 aliphatic carbocycles. The van der Waals surface area contributed by atoms with Crippen molar-refractivity contribution in [3.05, 3.63) is 101 Å². The summed E-state index contributed by atoms with van der Waals surface area (Å²) in [5.41, 5.74) is 3.08. The molecule has 5 N–H and O–H groups in total. The van der Waals surface area contributed by atoms with Crippen LogP contribution < -0.4 is 40.2 Å². The molecule has 3 amide bonds. The number of methoxy groups -OCH3 is 2. The molecule has 1 aromatic heterocycles. The topological polar surface area (TPSA) is 184 Å². The number of carbonyl (C=O) groups excluding carboxylic acids is 2. The number of fused-ring (bicyclic) bond motifs is 1. The molecule has 4 aromatic carbocycles. The zero-order chi connectivity index (χ0) is 41.5. The second kappa shape index (κ2) is 18.1. The van der Waals surface area contributed by atoms with E-state index in [-0.39, 0.29) is 29.1 Å². The van der Waals surface area contributed by atoms with Crippen LogP contribution in [0.2, 0.25) is 0 Å². The lowest BCUT2D eigenvalue weighted by Crippen LogP contribution is -2.53. The van der Waals surface area contributed by atoms with Crippen LogP contribution in [0.3, 0.4) is 0 Å². The Morgan fingerprint density at radius 3 is 2.31 bits per heavy atom. The smallest absolute Gasteiger partial charge is 0.323 e. The molecule has 306 valence electrons. The number of nitrogens with one attached hydrogen (secondary N) is 5. The number of ether oxygens (including phenoxy) is 4. The van der Waals surface area contributed by atoms with Gasteiger partial charge >= 0.3 is 6.03 Å². The van der Waals surface area contributed by atoms with E-state index in [1.807, 2.05) is 57.2 Å². The Morgan fingerprint density at radius 1 is 0.879 bits per heavy atom. The van der Waals surface area contributed by atoms with Crippen LogP contribution in [0, 0.1) is 5.21 Å². The zero-order valence-electron chi connectivity index (χ0n) is 33.4. The van der Waals surface area contributed by atoms with E-state index < -0.39 is 17.0 Å². The number of carbonyl (C=O) groups is 2. The van der Waals surface area contributed by atoms with E-state index in [0.29, 0.717) is 83.4 Å². The molecule has 1 atom stereocenters. The Labute approximate surface area is 340 Å². The molecular formula is C42H49N7O8S. The number of anilines is 5. The molecule has 1 fully saturated rings. The maximum atomic E-state index is 13.5. The SMILES string of the molecule is COc1cc(Nc2cc(Oc3ccc(NC(=O)Nc4cc(C(C)(C)C)cc(NS(C)=O)c4OC)c4ccccc34)ccn2)ccc1C(=O)NCC[N+]1([O-])CCOCC1. The molecule has 16 heteroatoms. The van der Waals surface area contributed by atoms with Gasteiger partial charge in [-0.05, 0) is 53.4 Å². The van der Waals surface area contributed by atoms with E-state index >= 15 is 0 Å². The van der Waals surface area contributed by atoms with Gasteiger partial charge in [0.05, 0.1) is 63.1 Å². The third kappa shape index (κ3) is 10.3. The molecule has 15 nitrogen and oxygen atoms in total. The third-order valence-corrected chi connectivity index (χ3v) is 10.1.